The average Bonchev–Trinajstić information content (AvgIpc) is 3.13. The van der Waals surface area contributed by atoms with E-state index in [2.05, 4.69) is 39.6 Å². The van der Waals surface area contributed by atoms with Crippen LogP contribution in [0, 0.1) is 6.92 Å². The van der Waals surface area contributed by atoms with E-state index in [1.54, 1.807) is 6.20 Å². The van der Waals surface area contributed by atoms with Gasteiger partial charge in [-0.3, -0.25) is 15.5 Å². The number of benzene rings is 1. The van der Waals surface area contributed by atoms with Gasteiger partial charge in [-0.05, 0) is 30.5 Å². The fourth-order valence-corrected chi connectivity index (χ4v) is 2.69. The topological polar surface area (TPSA) is 95.7 Å². The molecule has 2 heterocycles. The molecule has 3 aromatic rings. The van der Waals surface area contributed by atoms with Crippen LogP contribution in [0.25, 0.3) is 22.0 Å². The molecule has 0 saturated carbocycles. The number of anilines is 1. The second-order valence-electron chi connectivity index (χ2n) is 5.74. The van der Waals surface area contributed by atoms with Crippen LogP contribution in [0.4, 0.5) is 10.5 Å². The molecule has 3 rings (SSSR count). The molecule has 2 aromatic heterocycles. The molecule has 23 heavy (non-hydrogen) atoms. The van der Waals surface area contributed by atoms with Crippen LogP contribution in [0.1, 0.15) is 31.2 Å². The largest absolute Gasteiger partial charge is 0.453 e. The lowest BCUT2D eigenvalue weighted by Crippen LogP contribution is -2.11. The smallest absolute Gasteiger partial charge is 0.411 e. The number of aromatic amines is 2. The maximum atomic E-state index is 11.6. The Kier molecular flexibility index (Phi) is 3.77. The Morgan fingerprint density at radius 2 is 2.09 bits per heavy atom. The van der Waals surface area contributed by atoms with Gasteiger partial charge in [0.2, 0.25) is 0 Å². The van der Waals surface area contributed by atoms with Gasteiger partial charge in [-0.1, -0.05) is 13.8 Å². The SMILES string of the molecule is COC(=O)Nc1cc(-c2c(C(C)C)n[nH]c2C)cc2[nH]ncc12. The highest BCUT2D eigenvalue weighted by Gasteiger charge is 2.18. The average molecular weight is 313 g/mol. The molecule has 3 N–H and O–H groups in total. The van der Waals surface area contributed by atoms with Crippen LogP contribution in [-0.4, -0.2) is 33.6 Å². The van der Waals surface area contributed by atoms with Crippen LogP contribution in [-0.2, 0) is 4.74 Å². The van der Waals surface area contributed by atoms with Crippen LogP contribution in [0.2, 0.25) is 0 Å². The van der Waals surface area contributed by atoms with Crippen molar-refractivity contribution < 1.29 is 9.53 Å². The van der Waals surface area contributed by atoms with Crippen LogP contribution < -0.4 is 5.32 Å². The first-order valence-corrected chi connectivity index (χ1v) is 7.38. The zero-order valence-corrected chi connectivity index (χ0v) is 13.5. The van der Waals surface area contributed by atoms with Crippen molar-refractivity contribution >= 4 is 22.7 Å². The highest BCUT2D eigenvalue weighted by Crippen LogP contribution is 2.35. The fraction of sp³-hybridized carbons (Fsp3) is 0.312. The van der Waals surface area contributed by atoms with Crippen molar-refractivity contribution in [2.75, 3.05) is 12.4 Å². The number of aryl methyl sites for hydroxylation is 1. The number of carbonyl (C=O) groups excluding carboxylic acids is 1. The van der Waals surface area contributed by atoms with Crippen LogP contribution in [0.3, 0.4) is 0 Å². The third kappa shape index (κ3) is 2.65. The number of amides is 1. The number of H-pyrrole nitrogens is 2. The minimum absolute atomic E-state index is 0.282. The number of methoxy groups -OCH3 is 1. The Labute approximate surface area is 133 Å². The molecule has 0 saturated heterocycles. The Bertz CT molecular complexity index is 863. The van der Waals surface area contributed by atoms with Gasteiger partial charge >= 0.3 is 6.09 Å². The van der Waals surface area contributed by atoms with Crippen LogP contribution in [0.15, 0.2) is 18.3 Å². The minimum Gasteiger partial charge on any atom is -0.453 e. The molecule has 120 valence electrons. The minimum atomic E-state index is -0.516. The van der Waals surface area contributed by atoms with Gasteiger partial charge in [0.05, 0.1) is 30.2 Å². The highest BCUT2D eigenvalue weighted by molar-refractivity contribution is 6.01. The van der Waals surface area contributed by atoms with E-state index in [1.807, 2.05) is 19.1 Å². The van der Waals surface area contributed by atoms with Gasteiger partial charge in [-0.25, -0.2) is 4.79 Å². The summed E-state index contributed by atoms with van der Waals surface area (Å²) in [5.74, 6) is 0.282. The summed E-state index contributed by atoms with van der Waals surface area (Å²) in [6, 6.07) is 3.92. The predicted molar refractivity (Wildman–Crippen MR) is 88.5 cm³/mol. The van der Waals surface area contributed by atoms with Crippen molar-refractivity contribution in [2.24, 2.45) is 0 Å². The van der Waals surface area contributed by atoms with Gasteiger partial charge in [-0.2, -0.15) is 10.2 Å². The van der Waals surface area contributed by atoms with E-state index in [0.717, 1.165) is 33.4 Å². The normalized spacial score (nSPS) is 11.2. The van der Waals surface area contributed by atoms with E-state index < -0.39 is 6.09 Å². The molecule has 0 aliphatic heterocycles. The van der Waals surface area contributed by atoms with Crippen molar-refractivity contribution in [3.05, 3.63) is 29.7 Å². The van der Waals surface area contributed by atoms with Crippen LogP contribution in [0.5, 0.6) is 0 Å². The molecule has 1 aromatic carbocycles. The van der Waals surface area contributed by atoms with Gasteiger partial charge in [-0.15, -0.1) is 0 Å². The number of nitrogens with one attached hydrogen (secondary N) is 3. The molecular weight excluding hydrogens is 294 g/mol. The summed E-state index contributed by atoms with van der Waals surface area (Å²) in [4.78, 5) is 11.6. The summed E-state index contributed by atoms with van der Waals surface area (Å²) in [5.41, 5.74) is 5.46. The molecular formula is C16H19N5O2. The molecule has 7 heteroatoms. The Hall–Kier alpha value is -2.83. The number of rotatable bonds is 3. The van der Waals surface area contributed by atoms with Crippen molar-refractivity contribution in [1.29, 1.82) is 0 Å². The molecule has 1 amide bonds. The van der Waals surface area contributed by atoms with E-state index in [-0.39, 0.29) is 5.92 Å². The molecule has 0 bridgehead atoms. The number of ether oxygens (including phenoxy) is 1. The predicted octanol–water partition coefficient (Wildman–Crippen LogP) is 3.56. The summed E-state index contributed by atoms with van der Waals surface area (Å²) in [6.45, 7) is 6.18. The van der Waals surface area contributed by atoms with Gasteiger partial charge in [0.25, 0.3) is 0 Å². The second-order valence-corrected chi connectivity index (χ2v) is 5.74. The van der Waals surface area contributed by atoms with Gasteiger partial charge < -0.3 is 4.74 Å². The number of hydrogen-bond acceptors (Lipinski definition) is 4. The lowest BCUT2D eigenvalue weighted by molar-refractivity contribution is 0.187. The van der Waals surface area contributed by atoms with Crippen molar-refractivity contribution in [2.45, 2.75) is 26.7 Å². The zero-order chi connectivity index (χ0) is 16.6. The molecule has 7 nitrogen and oxygen atoms in total. The lowest BCUT2D eigenvalue weighted by atomic mass is 9.96. The first-order chi connectivity index (χ1) is 11.0. The Balaban J connectivity index is 2.19. The molecule has 0 aliphatic rings. The highest BCUT2D eigenvalue weighted by atomic mass is 16.5. The standard InChI is InChI=1S/C16H19N5O2/c1-8(2)15-14(9(3)19-21-15)10-5-12(18-16(22)23-4)11-7-17-20-13(11)6-10/h5-8H,1-4H3,(H,17,20)(H,18,22)(H,19,21). The third-order valence-electron chi connectivity index (χ3n) is 3.79. The van der Waals surface area contributed by atoms with E-state index >= 15 is 0 Å². The number of fused-ring (bicyclic) bond motifs is 1. The monoisotopic (exact) mass is 313 g/mol. The number of nitrogens with zero attached hydrogens (tertiary/aromatic N) is 2. The molecule has 0 spiro atoms. The van der Waals surface area contributed by atoms with E-state index in [1.165, 1.54) is 7.11 Å². The summed E-state index contributed by atoms with van der Waals surface area (Å²) < 4.78 is 4.70. The quantitative estimate of drug-likeness (QED) is 0.689. The zero-order valence-electron chi connectivity index (χ0n) is 13.5. The van der Waals surface area contributed by atoms with Crippen LogP contribution >= 0.6 is 0 Å². The maximum absolute atomic E-state index is 11.6. The van der Waals surface area contributed by atoms with Gasteiger partial charge in [0.1, 0.15) is 0 Å². The molecule has 0 fully saturated rings. The molecule has 0 unspecified atom stereocenters. The summed E-state index contributed by atoms with van der Waals surface area (Å²) >= 11 is 0. The Morgan fingerprint density at radius 1 is 1.30 bits per heavy atom. The molecule has 0 atom stereocenters. The molecule has 0 radical (unpaired) electrons. The van der Waals surface area contributed by atoms with Gasteiger partial charge in [0.15, 0.2) is 0 Å². The van der Waals surface area contributed by atoms with Crippen molar-refractivity contribution in [3.8, 4) is 11.1 Å². The number of hydrogen-bond donors (Lipinski definition) is 3. The second kappa shape index (κ2) is 5.75. The van der Waals surface area contributed by atoms with E-state index in [9.17, 15) is 4.79 Å². The van der Waals surface area contributed by atoms with E-state index in [0.29, 0.717) is 5.69 Å². The maximum Gasteiger partial charge on any atom is 0.411 e. The fourth-order valence-electron chi connectivity index (χ4n) is 2.69. The number of carbonyl (C=O) groups is 1. The molecule has 0 aliphatic carbocycles. The summed E-state index contributed by atoms with van der Waals surface area (Å²) in [6.07, 6.45) is 1.16. The third-order valence-corrected chi connectivity index (χ3v) is 3.79. The summed E-state index contributed by atoms with van der Waals surface area (Å²) in [7, 11) is 1.34. The number of aromatic nitrogens is 4. The lowest BCUT2D eigenvalue weighted by Gasteiger charge is -2.11. The first-order valence-electron chi connectivity index (χ1n) is 7.38. The summed E-state index contributed by atoms with van der Waals surface area (Å²) in [5, 5.41) is 18.0. The van der Waals surface area contributed by atoms with Crippen molar-refractivity contribution in [3.63, 3.8) is 0 Å². The van der Waals surface area contributed by atoms with E-state index in [4.69, 9.17) is 4.74 Å². The van der Waals surface area contributed by atoms with Crippen molar-refractivity contribution in [1.82, 2.24) is 20.4 Å². The Morgan fingerprint density at radius 3 is 2.78 bits per heavy atom. The van der Waals surface area contributed by atoms with Gasteiger partial charge in [0, 0.05) is 16.6 Å². The first kappa shape index (κ1) is 15.1.